The van der Waals surface area contributed by atoms with E-state index in [0.717, 1.165) is 11.8 Å². The minimum absolute atomic E-state index is 0.0654. The predicted octanol–water partition coefficient (Wildman–Crippen LogP) is 1.86. The van der Waals surface area contributed by atoms with Crippen molar-refractivity contribution in [2.24, 2.45) is 0 Å². The molecule has 0 bridgehead atoms. The molecule has 0 aliphatic heterocycles. The van der Waals surface area contributed by atoms with Crippen molar-refractivity contribution >= 4 is 26.8 Å². The number of rotatable bonds is 6. The van der Waals surface area contributed by atoms with Crippen molar-refractivity contribution in [2.75, 3.05) is 19.3 Å². The summed E-state index contributed by atoms with van der Waals surface area (Å²) in [5.74, 6) is -0.163. The molecule has 0 radical (unpaired) electrons. The highest BCUT2D eigenvalue weighted by atomic mass is 32.2. The topological polar surface area (TPSA) is 72.3 Å². The number of carbonyl (C=O) groups is 1. The Morgan fingerprint density at radius 1 is 1.35 bits per heavy atom. The molecule has 0 fully saturated rings. The van der Waals surface area contributed by atoms with Crippen molar-refractivity contribution in [1.82, 2.24) is 14.5 Å². The zero-order valence-corrected chi connectivity index (χ0v) is 14.4. The van der Waals surface area contributed by atoms with E-state index < -0.39 is 9.84 Å². The summed E-state index contributed by atoms with van der Waals surface area (Å²) in [5.41, 5.74) is 2.07. The van der Waals surface area contributed by atoms with Crippen molar-refractivity contribution in [1.29, 1.82) is 0 Å². The first-order valence-corrected chi connectivity index (χ1v) is 9.20. The summed E-state index contributed by atoms with van der Waals surface area (Å²) in [5, 5.41) is -0.0848. The van der Waals surface area contributed by atoms with Crippen molar-refractivity contribution in [2.45, 2.75) is 25.5 Å². The molecule has 7 heteroatoms. The highest BCUT2D eigenvalue weighted by molar-refractivity contribution is 7.90. The van der Waals surface area contributed by atoms with Crippen LogP contribution >= 0.6 is 0 Å². The maximum Gasteiger partial charge on any atom is 0.242 e. The molecule has 1 aromatic heterocycles. The third-order valence-electron chi connectivity index (χ3n) is 3.44. The minimum atomic E-state index is -3.53. The monoisotopic (exact) mass is 335 g/mol. The molecule has 0 atom stereocenters. The average Bonchev–Trinajstić information content (AvgIpc) is 2.83. The Hall–Kier alpha value is -2.15. The largest absolute Gasteiger partial charge is 0.337 e. The number of aromatic nitrogens is 2. The second-order valence-electron chi connectivity index (χ2n) is 5.61. The quantitative estimate of drug-likeness (QED) is 0.756. The number of imidazole rings is 1. The van der Waals surface area contributed by atoms with Crippen molar-refractivity contribution in [3.8, 4) is 0 Å². The Morgan fingerprint density at radius 2 is 2.00 bits per heavy atom. The molecular weight excluding hydrogens is 314 g/mol. The number of para-hydroxylation sites is 2. The molecule has 2 rings (SSSR count). The smallest absolute Gasteiger partial charge is 0.242 e. The molecule has 1 amide bonds. The van der Waals surface area contributed by atoms with Crippen LogP contribution in [0, 0.1) is 0 Å². The molecule has 0 saturated heterocycles. The van der Waals surface area contributed by atoms with E-state index in [2.05, 4.69) is 11.6 Å². The highest BCUT2D eigenvalue weighted by Crippen LogP contribution is 2.19. The molecular formula is C16H21N3O3S. The van der Waals surface area contributed by atoms with Crippen LogP contribution in [0.25, 0.3) is 11.0 Å². The first-order valence-electron chi connectivity index (χ1n) is 7.31. The van der Waals surface area contributed by atoms with Gasteiger partial charge in [0.25, 0.3) is 0 Å². The zero-order valence-electron chi connectivity index (χ0n) is 13.6. The summed E-state index contributed by atoms with van der Waals surface area (Å²) in [6, 6.07) is 7.07. The molecule has 23 heavy (non-hydrogen) atoms. The van der Waals surface area contributed by atoms with Gasteiger partial charge in [0.1, 0.15) is 6.54 Å². The molecule has 0 aliphatic carbocycles. The maximum atomic E-state index is 12.5. The number of nitrogens with zero attached hydrogens (tertiary/aromatic N) is 3. The fourth-order valence-electron chi connectivity index (χ4n) is 2.43. The Balaban J connectivity index is 2.46. The van der Waals surface area contributed by atoms with Crippen molar-refractivity contribution in [3.05, 3.63) is 36.4 Å². The van der Waals surface area contributed by atoms with Gasteiger partial charge in [-0.05, 0) is 26.0 Å². The zero-order chi connectivity index (χ0) is 17.2. The van der Waals surface area contributed by atoms with Crippen LogP contribution in [0.1, 0.15) is 13.8 Å². The van der Waals surface area contributed by atoms with E-state index >= 15 is 0 Å². The van der Waals surface area contributed by atoms with E-state index in [-0.39, 0.29) is 17.6 Å². The first-order chi connectivity index (χ1) is 10.7. The highest BCUT2D eigenvalue weighted by Gasteiger charge is 2.22. The second kappa shape index (κ2) is 6.54. The van der Waals surface area contributed by atoms with Gasteiger partial charge in [0.2, 0.25) is 20.9 Å². The van der Waals surface area contributed by atoms with Gasteiger partial charge in [-0.15, -0.1) is 0 Å². The van der Waals surface area contributed by atoms with Crippen LogP contribution in [0.15, 0.2) is 41.6 Å². The molecule has 0 aliphatic rings. The molecule has 0 spiro atoms. The van der Waals surface area contributed by atoms with Crippen LogP contribution in [0.3, 0.4) is 0 Å². The molecule has 1 aromatic carbocycles. The number of fused-ring (bicyclic) bond motifs is 1. The van der Waals surface area contributed by atoms with Crippen molar-refractivity contribution in [3.63, 3.8) is 0 Å². The Labute approximate surface area is 136 Å². The van der Waals surface area contributed by atoms with Gasteiger partial charge in [-0.3, -0.25) is 4.79 Å². The first kappa shape index (κ1) is 17.2. The van der Waals surface area contributed by atoms with Crippen LogP contribution in [-0.4, -0.2) is 48.1 Å². The van der Waals surface area contributed by atoms with E-state index in [1.807, 2.05) is 13.8 Å². The fourth-order valence-corrected chi connectivity index (χ4v) is 3.25. The van der Waals surface area contributed by atoms with E-state index in [4.69, 9.17) is 0 Å². The lowest BCUT2D eigenvalue weighted by atomic mass is 10.3. The van der Waals surface area contributed by atoms with Crippen LogP contribution in [-0.2, 0) is 21.2 Å². The minimum Gasteiger partial charge on any atom is -0.337 e. The Morgan fingerprint density at radius 3 is 2.57 bits per heavy atom. The molecule has 1 heterocycles. The fraction of sp³-hybridized carbons (Fsp3) is 0.375. The van der Waals surface area contributed by atoms with Gasteiger partial charge in [-0.2, -0.15) is 0 Å². The van der Waals surface area contributed by atoms with Gasteiger partial charge in [0.05, 0.1) is 11.0 Å². The van der Waals surface area contributed by atoms with Crippen molar-refractivity contribution < 1.29 is 13.2 Å². The summed E-state index contributed by atoms with van der Waals surface area (Å²) in [7, 11) is -3.53. The average molecular weight is 335 g/mol. The van der Waals surface area contributed by atoms with Gasteiger partial charge in [-0.25, -0.2) is 13.4 Å². The SMILES string of the molecule is C=C(C)CN(CC)C(=O)Cn1c(S(C)(=O)=O)nc2ccccc21. The van der Waals surface area contributed by atoms with Crippen LogP contribution in [0.4, 0.5) is 0 Å². The number of hydrogen-bond acceptors (Lipinski definition) is 4. The van der Waals surface area contributed by atoms with Gasteiger partial charge in [-0.1, -0.05) is 24.3 Å². The summed E-state index contributed by atoms with van der Waals surface area (Å²) < 4.78 is 25.5. The molecule has 0 saturated carbocycles. The molecule has 0 N–H and O–H groups in total. The number of amides is 1. The Bertz CT molecular complexity index is 853. The Kier molecular flexibility index (Phi) is 4.89. The van der Waals surface area contributed by atoms with E-state index in [0.29, 0.717) is 24.1 Å². The van der Waals surface area contributed by atoms with Gasteiger partial charge >= 0.3 is 0 Å². The standard InChI is InChI=1S/C16H21N3O3S/c1-5-18(10-12(2)3)15(20)11-19-14-9-7-6-8-13(14)17-16(19)23(4,21)22/h6-9H,2,5,10-11H2,1,3-4H3. The van der Waals surface area contributed by atoms with E-state index in [9.17, 15) is 13.2 Å². The van der Waals surface area contributed by atoms with Crippen LogP contribution in [0.2, 0.25) is 0 Å². The van der Waals surface area contributed by atoms with Gasteiger partial charge in [0.15, 0.2) is 0 Å². The molecule has 124 valence electrons. The molecule has 6 nitrogen and oxygen atoms in total. The molecule has 0 unspecified atom stereocenters. The van der Waals surface area contributed by atoms with E-state index in [1.54, 1.807) is 29.2 Å². The summed E-state index contributed by atoms with van der Waals surface area (Å²) >= 11 is 0. The second-order valence-corrected chi connectivity index (χ2v) is 7.52. The summed E-state index contributed by atoms with van der Waals surface area (Å²) in [6.07, 6.45) is 1.10. The lowest BCUT2D eigenvalue weighted by Gasteiger charge is -2.21. The number of sulfone groups is 1. The summed E-state index contributed by atoms with van der Waals surface area (Å²) in [4.78, 5) is 18.4. The number of carbonyl (C=O) groups excluding carboxylic acids is 1. The maximum absolute atomic E-state index is 12.5. The number of benzene rings is 1. The third-order valence-corrected chi connectivity index (χ3v) is 4.41. The van der Waals surface area contributed by atoms with E-state index in [1.165, 1.54) is 4.57 Å². The van der Waals surface area contributed by atoms with Gasteiger partial charge in [0, 0.05) is 19.3 Å². The third kappa shape index (κ3) is 3.79. The van der Waals surface area contributed by atoms with Crippen LogP contribution < -0.4 is 0 Å². The predicted molar refractivity (Wildman–Crippen MR) is 89.9 cm³/mol. The molecule has 2 aromatic rings. The van der Waals surface area contributed by atoms with Crippen LogP contribution in [0.5, 0.6) is 0 Å². The number of hydrogen-bond donors (Lipinski definition) is 0. The summed E-state index contributed by atoms with van der Waals surface area (Å²) in [6.45, 7) is 8.47. The lowest BCUT2D eigenvalue weighted by molar-refractivity contribution is -0.131. The number of likely N-dealkylation sites (N-methyl/N-ethyl adjacent to an activating group) is 1. The van der Waals surface area contributed by atoms with Gasteiger partial charge < -0.3 is 9.47 Å². The lowest BCUT2D eigenvalue weighted by Crippen LogP contribution is -2.35. The normalized spacial score (nSPS) is 11.6.